The van der Waals surface area contributed by atoms with E-state index in [1.54, 1.807) is 18.2 Å². The molecule has 0 heterocycles. The Morgan fingerprint density at radius 3 is 2.46 bits per heavy atom. The second-order valence-electron chi connectivity index (χ2n) is 7.32. The van der Waals surface area contributed by atoms with Crippen LogP contribution in [0.5, 0.6) is 11.5 Å². The first kappa shape index (κ1) is 22.5. The highest BCUT2D eigenvalue weighted by Gasteiger charge is 2.20. The van der Waals surface area contributed by atoms with E-state index in [0.29, 0.717) is 17.0 Å². The number of halogens is 2. The predicted molar refractivity (Wildman–Crippen MR) is 121 cm³/mol. The van der Waals surface area contributed by atoms with Crippen LogP contribution >= 0.6 is 39.7 Å². The third-order valence-electron chi connectivity index (χ3n) is 4.09. The lowest BCUT2D eigenvalue weighted by Gasteiger charge is -2.22. The summed E-state index contributed by atoms with van der Waals surface area (Å²) in [4.78, 5) is 12.7. The van der Waals surface area contributed by atoms with Crippen LogP contribution in [0.2, 0.25) is 5.02 Å². The van der Waals surface area contributed by atoms with Gasteiger partial charge in [-0.1, -0.05) is 48.3 Å². The number of ether oxygens (including phenoxy) is 1. The second kappa shape index (κ2) is 8.68. The summed E-state index contributed by atoms with van der Waals surface area (Å²) in [6.07, 6.45) is 0. The van der Waals surface area contributed by atoms with E-state index in [4.69, 9.17) is 28.6 Å². The molecule has 5 nitrogen and oxygen atoms in total. The Balaban J connectivity index is 2.26. The van der Waals surface area contributed by atoms with Crippen LogP contribution in [0.1, 0.15) is 42.3 Å². The standard InChI is InChI=1S/C20H22BrClN2O3S/c1-10-6-12(21)9-13(17(10)27-5)18(26)24-19(28)23-15-8-11(20(2,3)4)7-14(22)16(15)25/h6-9,25H,1-5H3,(H2,23,24,26,28). The summed E-state index contributed by atoms with van der Waals surface area (Å²) in [5.41, 5.74) is 2.20. The summed E-state index contributed by atoms with van der Waals surface area (Å²) in [5.74, 6) is -0.109. The van der Waals surface area contributed by atoms with E-state index in [0.717, 1.165) is 15.6 Å². The summed E-state index contributed by atoms with van der Waals surface area (Å²) in [7, 11) is 1.50. The molecular formula is C20H22BrClN2O3S. The number of hydrogen-bond donors (Lipinski definition) is 3. The van der Waals surface area contributed by atoms with Gasteiger partial charge in [-0.2, -0.15) is 0 Å². The van der Waals surface area contributed by atoms with Crippen molar-refractivity contribution in [3.05, 3.63) is 50.5 Å². The Morgan fingerprint density at radius 1 is 1.25 bits per heavy atom. The van der Waals surface area contributed by atoms with Crippen molar-refractivity contribution in [3.8, 4) is 11.5 Å². The highest BCUT2D eigenvalue weighted by atomic mass is 79.9. The van der Waals surface area contributed by atoms with Crippen LogP contribution in [0.4, 0.5) is 5.69 Å². The fourth-order valence-corrected chi connectivity index (χ4v) is 3.62. The lowest BCUT2D eigenvalue weighted by Crippen LogP contribution is -2.34. The number of phenolic OH excluding ortho intramolecular Hbond substituents is 1. The van der Waals surface area contributed by atoms with E-state index < -0.39 is 5.91 Å². The van der Waals surface area contributed by atoms with Gasteiger partial charge in [-0.25, -0.2) is 0 Å². The number of methoxy groups -OCH3 is 1. The molecule has 0 atom stereocenters. The molecule has 150 valence electrons. The summed E-state index contributed by atoms with van der Waals surface area (Å²) in [6, 6.07) is 6.96. The van der Waals surface area contributed by atoms with Gasteiger partial charge in [0.15, 0.2) is 10.9 Å². The largest absolute Gasteiger partial charge is 0.504 e. The molecule has 0 aliphatic rings. The molecule has 2 aromatic rings. The molecule has 0 aliphatic heterocycles. The van der Waals surface area contributed by atoms with Gasteiger partial charge >= 0.3 is 0 Å². The minimum Gasteiger partial charge on any atom is -0.504 e. The van der Waals surface area contributed by atoms with E-state index in [-0.39, 0.29) is 21.3 Å². The Hall–Kier alpha value is -1.83. The average Bonchev–Trinajstić information content (AvgIpc) is 2.57. The molecule has 0 saturated carbocycles. The van der Waals surface area contributed by atoms with Gasteiger partial charge < -0.3 is 15.2 Å². The van der Waals surface area contributed by atoms with Crippen LogP contribution in [0.25, 0.3) is 0 Å². The summed E-state index contributed by atoms with van der Waals surface area (Å²) >= 11 is 14.8. The molecule has 0 unspecified atom stereocenters. The molecule has 0 saturated heterocycles. The number of thiocarbonyl (C=S) groups is 1. The lowest BCUT2D eigenvalue weighted by atomic mass is 9.87. The summed E-state index contributed by atoms with van der Waals surface area (Å²) in [6.45, 7) is 7.93. The molecule has 0 spiro atoms. The molecule has 0 radical (unpaired) electrons. The molecule has 0 bridgehead atoms. The molecular weight excluding hydrogens is 464 g/mol. The van der Waals surface area contributed by atoms with Crippen molar-refractivity contribution >= 4 is 56.5 Å². The van der Waals surface area contributed by atoms with Crippen molar-refractivity contribution in [2.24, 2.45) is 0 Å². The van der Waals surface area contributed by atoms with Crippen LogP contribution in [0.3, 0.4) is 0 Å². The minimum absolute atomic E-state index is 0.0297. The Bertz CT molecular complexity index is 942. The number of aromatic hydroxyl groups is 1. The third kappa shape index (κ3) is 5.16. The fourth-order valence-electron chi connectivity index (χ4n) is 2.62. The monoisotopic (exact) mass is 484 g/mol. The number of rotatable bonds is 3. The highest BCUT2D eigenvalue weighted by Crippen LogP contribution is 2.37. The smallest absolute Gasteiger partial charge is 0.261 e. The van der Waals surface area contributed by atoms with Crippen molar-refractivity contribution in [1.82, 2.24) is 5.32 Å². The number of anilines is 1. The van der Waals surface area contributed by atoms with Gasteiger partial charge in [0.25, 0.3) is 5.91 Å². The number of aryl methyl sites for hydroxylation is 1. The molecule has 3 N–H and O–H groups in total. The van der Waals surface area contributed by atoms with Crippen LogP contribution in [0, 0.1) is 6.92 Å². The number of benzene rings is 2. The van der Waals surface area contributed by atoms with Crippen molar-refractivity contribution in [3.63, 3.8) is 0 Å². The van der Waals surface area contributed by atoms with Gasteiger partial charge in [-0.05, 0) is 59.9 Å². The quantitative estimate of drug-likeness (QED) is 0.393. The predicted octanol–water partition coefficient (Wildman–Crippen LogP) is 5.55. The zero-order valence-corrected chi connectivity index (χ0v) is 19.4. The Labute approximate surface area is 183 Å². The van der Waals surface area contributed by atoms with Crippen molar-refractivity contribution < 1.29 is 14.6 Å². The van der Waals surface area contributed by atoms with Gasteiger partial charge in [-0.15, -0.1) is 0 Å². The van der Waals surface area contributed by atoms with Crippen LogP contribution in [-0.4, -0.2) is 23.2 Å². The molecule has 8 heteroatoms. The SMILES string of the molecule is COc1c(C)cc(Br)cc1C(=O)NC(=S)Nc1cc(C(C)(C)C)cc(Cl)c1O. The number of hydrogen-bond acceptors (Lipinski definition) is 4. The molecule has 2 rings (SSSR count). The minimum atomic E-state index is -0.434. The van der Waals surface area contributed by atoms with E-state index in [1.807, 2.05) is 33.8 Å². The Morgan fingerprint density at radius 2 is 1.89 bits per heavy atom. The molecule has 2 aromatic carbocycles. The first-order valence-electron chi connectivity index (χ1n) is 8.43. The first-order chi connectivity index (χ1) is 12.9. The van der Waals surface area contributed by atoms with Gasteiger partial charge in [0.2, 0.25) is 0 Å². The van der Waals surface area contributed by atoms with E-state index in [1.165, 1.54) is 7.11 Å². The van der Waals surface area contributed by atoms with Crippen molar-refractivity contribution in [2.75, 3.05) is 12.4 Å². The number of phenols is 1. The van der Waals surface area contributed by atoms with Crippen molar-refractivity contribution in [1.29, 1.82) is 0 Å². The maximum Gasteiger partial charge on any atom is 0.261 e. The van der Waals surface area contributed by atoms with Gasteiger partial charge in [0, 0.05) is 4.47 Å². The number of nitrogens with one attached hydrogen (secondary N) is 2. The van der Waals surface area contributed by atoms with Crippen molar-refractivity contribution in [2.45, 2.75) is 33.1 Å². The first-order valence-corrected chi connectivity index (χ1v) is 10.0. The van der Waals surface area contributed by atoms with E-state index in [2.05, 4.69) is 26.6 Å². The third-order valence-corrected chi connectivity index (χ3v) is 5.04. The van der Waals surface area contributed by atoms with E-state index >= 15 is 0 Å². The lowest BCUT2D eigenvalue weighted by molar-refractivity contribution is 0.0974. The summed E-state index contributed by atoms with van der Waals surface area (Å²) < 4.78 is 6.08. The molecule has 0 aliphatic carbocycles. The normalized spacial score (nSPS) is 11.1. The number of carbonyl (C=O) groups excluding carboxylic acids is 1. The van der Waals surface area contributed by atoms with Crippen LogP contribution in [-0.2, 0) is 5.41 Å². The number of carbonyl (C=O) groups is 1. The Kier molecular flexibility index (Phi) is 6.96. The molecule has 1 amide bonds. The topological polar surface area (TPSA) is 70.6 Å². The second-order valence-corrected chi connectivity index (χ2v) is 9.05. The van der Waals surface area contributed by atoms with Crippen LogP contribution in [0.15, 0.2) is 28.7 Å². The summed E-state index contributed by atoms with van der Waals surface area (Å²) in [5, 5.41) is 15.9. The zero-order valence-electron chi connectivity index (χ0n) is 16.2. The van der Waals surface area contributed by atoms with Gasteiger partial charge in [0.1, 0.15) is 5.75 Å². The maximum atomic E-state index is 12.7. The van der Waals surface area contributed by atoms with E-state index in [9.17, 15) is 9.90 Å². The average molecular weight is 486 g/mol. The number of amides is 1. The molecule has 0 fully saturated rings. The molecule has 0 aromatic heterocycles. The highest BCUT2D eigenvalue weighted by molar-refractivity contribution is 9.10. The van der Waals surface area contributed by atoms with Gasteiger partial charge in [0.05, 0.1) is 23.4 Å². The van der Waals surface area contributed by atoms with Crippen LogP contribution < -0.4 is 15.4 Å². The maximum absolute atomic E-state index is 12.7. The fraction of sp³-hybridized carbons (Fsp3) is 0.300. The zero-order chi connectivity index (χ0) is 21.2. The molecule has 28 heavy (non-hydrogen) atoms. The van der Waals surface area contributed by atoms with Gasteiger partial charge in [-0.3, -0.25) is 10.1 Å².